The molecule has 3 aliphatic rings. The van der Waals surface area contributed by atoms with Crippen LogP contribution in [0.1, 0.15) is 44.9 Å². The summed E-state index contributed by atoms with van der Waals surface area (Å²) in [6, 6.07) is 3.69. The van der Waals surface area contributed by atoms with Crippen molar-refractivity contribution in [2.75, 3.05) is 38.2 Å². The molecule has 2 fully saturated rings. The number of halogens is 1. The molecule has 1 aromatic rings. The molecule has 0 bridgehead atoms. The van der Waals surface area contributed by atoms with Crippen LogP contribution in [0.2, 0.25) is 5.02 Å². The van der Waals surface area contributed by atoms with Crippen LogP contribution in [0.4, 0.5) is 5.69 Å². The van der Waals surface area contributed by atoms with Crippen molar-refractivity contribution in [3.05, 3.63) is 17.2 Å². The second kappa shape index (κ2) is 9.88. The summed E-state index contributed by atoms with van der Waals surface area (Å²) in [5, 5.41) is 6.51. The second-order valence-electron chi connectivity index (χ2n) is 8.44. The average molecular weight is 436 g/mol. The van der Waals surface area contributed by atoms with Gasteiger partial charge in [0, 0.05) is 24.7 Å². The lowest BCUT2D eigenvalue weighted by atomic mass is 9.93. The van der Waals surface area contributed by atoms with Crippen molar-refractivity contribution < 1.29 is 19.1 Å². The number of amides is 2. The zero-order valence-electron chi connectivity index (χ0n) is 17.3. The maximum Gasteiger partial charge on any atom is 0.238 e. The van der Waals surface area contributed by atoms with E-state index in [1.165, 1.54) is 19.3 Å². The SMILES string of the molecule is O=C(CN1CCCC(C(=O)NC2CCCCC2)C1)Nc1cc2c(cc1Cl)OCCO2. The van der Waals surface area contributed by atoms with Crippen LogP contribution in [0, 0.1) is 5.92 Å². The third-order valence-electron chi connectivity index (χ3n) is 6.10. The van der Waals surface area contributed by atoms with Gasteiger partial charge < -0.3 is 20.1 Å². The third kappa shape index (κ3) is 5.38. The van der Waals surface area contributed by atoms with E-state index >= 15 is 0 Å². The van der Waals surface area contributed by atoms with Crippen LogP contribution in [0.15, 0.2) is 12.1 Å². The predicted molar refractivity (Wildman–Crippen MR) is 115 cm³/mol. The maximum atomic E-state index is 12.7. The van der Waals surface area contributed by atoms with Crippen molar-refractivity contribution in [2.45, 2.75) is 51.0 Å². The van der Waals surface area contributed by atoms with Gasteiger partial charge in [0.05, 0.1) is 23.2 Å². The van der Waals surface area contributed by atoms with Crippen LogP contribution in [0.25, 0.3) is 0 Å². The Hall–Kier alpha value is -1.99. The lowest BCUT2D eigenvalue weighted by molar-refractivity contribution is -0.128. The number of anilines is 1. The first kappa shape index (κ1) is 21.2. The Morgan fingerprint density at radius 3 is 2.53 bits per heavy atom. The minimum Gasteiger partial charge on any atom is -0.486 e. The second-order valence-corrected chi connectivity index (χ2v) is 8.85. The van der Waals surface area contributed by atoms with Crippen molar-refractivity contribution in [1.29, 1.82) is 0 Å². The maximum absolute atomic E-state index is 12.7. The van der Waals surface area contributed by atoms with Crippen molar-refractivity contribution in [3.63, 3.8) is 0 Å². The number of piperidine rings is 1. The molecule has 2 aliphatic heterocycles. The molecular weight excluding hydrogens is 406 g/mol. The molecule has 7 nitrogen and oxygen atoms in total. The Morgan fingerprint density at radius 2 is 1.77 bits per heavy atom. The standard InChI is InChI=1S/C22H30ClN3O4/c23-17-11-19-20(30-10-9-29-19)12-18(17)25-21(27)14-26-8-4-5-15(13-26)22(28)24-16-6-2-1-3-7-16/h11-12,15-16H,1-10,13-14H2,(H,24,28)(H,25,27). The highest BCUT2D eigenvalue weighted by Gasteiger charge is 2.28. The van der Waals surface area contributed by atoms with Crippen molar-refractivity contribution in [2.24, 2.45) is 5.92 Å². The monoisotopic (exact) mass is 435 g/mol. The van der Waals surface area contributed by atoms with Gasteiger partial charge in [0.25, 0.3) is 0 Å². The molecular formula is C22H30ClN3O4. The molecule has 8 heteroatoms. The molecule has 1 unspecified atom stereocenters. The molecule has 0 radical (unpaired) electrons. The number of nitrogens with one attached hydrogen (secondary N) is 2. The molecule has 1 aromatic carbocycles. The first-order valence-corrected chi connectivity index (χ1v) is 11.4. The van der Waals surface area contributed by atoms with Gasteiger partial charge in [-0.15, -0.1) is 0 Å². The molecule has 1 saturated carbocycles. The lowest BCUT2D eigenvalue weighted by Crippen LogP contribution is -2.47. The molecule has 0 aromatic heterocycles. The summed E-state index contributed by atoms with van der Waals surface area (Å²) in [6.45, 7) is 2.62. The summed E-state index contributed by atoms with van der Waals surface area (Å²) in [7, 11) is 0. The van der Waals surface area contributed by atoms with Gasteiger partial charge in [-0.05, 0) is 32.2 Å². The van der Waals surface area contributed by atoms with Crippen molar-refractivity contribution in [3.8, 4) is 11.5 Å². The third-order valence-corrected chi connectivity index (χ3v) is 6.41. The average Bonchev–Trinajstić information content (AvgIpc) is 2.75. The van der Waals surface area contributed by atoms with Gasteiger partial charge in [0.2, 0.25) is 11.8 Å². The van der Waals surface area contributed by atoms with Crippen LogP contribution in [-0.2, 0) is 9.59 Å². The smallest absolute Gasteiger partial charge is 0.238 e. The fourth-order valence-electron chi connectivity index (χ4n) is 4.53. The van der Waals surface area contributed by atoms with E-state index in [0.717, 1.165) is 32.2 Å². The molecule has 2 N–H and O–H groups in total. The number of carbonyl (C=O) groups is 2. The highest BCUT2D eigenvalue weighted by Crippen LogP contribution is 2.38. The largest absolute Gasteiger partial charge is 0.486 e. The van der Waals surface area contributed by atoms with Gasteiger partial charge >= 0.3 is 0 Å². The van der Waals surface area contributed by atoms with Gasteiger partial charge in [-0.2, -0.15) is 0 Å². The summed E-state index contributed by atoms with van der Waals surface area (Å²) >= 11 is 6.29. The van der Waals surface area contributed by atoms with E-state index in [0.29, 0.717) is 48.0 Å². The highest BCUT2D eigenvalue weighted by molar-refractivity contribution is 6.34. The molecule has 1 atom stereocenters. The number of rotatable bonds is 5. The van der Waals surface area contributed by atoms with Gasteiger partial charge in [-0.1, -0.05) is 30.9 Å². The Labute approximate surface area is 182 Å². The van der Waals surface area contributed by atoms with Crippen molar-refractivity contribution in [1.82, 2.24) is 10.2 Å². The normalized spacial score (nSPS) is 22.4. The van der Waals surface area contributed by atoms with E-state index in [9.17, 15) is 9.59 Å². The number of nitrogens with zero attached hydrogens (tertiary/aromatic N) is 1. The number of hydrogen-bond acceptors (Lipinski definition) is 5. The summed E-state index contributed by atoms with van der Waals surface area (Å²) in [4.78, 5) is 27.4. The van der Waals surface area contributed by atoms with Crippen molar-refractivity contribution >= 4 is 29.1 Å². The first-order valence-electron chi connectivity index (χ1n) is 11.0. The predicted octanol–water partition coefficient (Wildman–Crippen LogP) is 3.21. The molecule has 0 spiro atoms. The van der Waals surface area contributed by atoms with E-state index < -0.39 is 0 Å². The quantitative estimate of drug-likeness (QED) is 0.742. The molecule has 4 rings (SSSR count). The first-order chi connectivity index (χ1) is 14.6. The molecule has 2 heterocycles. The van der Waals surface area contributed by atoms with Crippen LogP contribution < -0.4 is 20.1 Å². The van der Waals surface area contributed by atoms with Gasteiger partial charge in [-0.3, -0.25) is 14.5 Å². The summed E-state index contributed by atoms with van der Waals surface area (Å²) in [5.41, 5.74) is 0.509. The van der Waals surface area contributed by atoms with E-state index in [1.54, 1.807) is 12.1 Å². The number of carbonyl (C=O) groups excluding carboxylic acids is 2. The highest BCUT2D eigenvalue weighted by atomic mass is 35.5. The lowest BCUT2D eigenvalue weighted by Gasteiger charge is -2.33. The zero-order valence-corrected chi connectivity index (χ0v) is 18.0. The van der Waals surface area contributed by atoms with Crippen LogP contribution in [0.5, 0.6) is 11.5 Å². The summed E-state index contributed by atoms with van der Waals surface area (Å²) in [5.74, 6) is 1.11. The molecule has 1 saturated heterocycles. The number of likely N-dealkylation sites (tertiary alicyclic amines) is 1. The fraction of sp³-hybridized carbons (Fsp3) is 0.636. The van der Waals surface area contributed by atoms with E-state index in [1.807, 2.05) is 0 Å². The van der Waals surface area contributed by atoms with Gasteiger partial charge in [0.1, 0.15) is 13.2 Å². The zero-order chi connectivity index (χ0) is 20.9. The molecule has 1 aliphatic carbocycles. The van der Waals surface area contributed by atoms with Crippen LogP contribution >= 0.6 is 11.6 Å². The minimum absolute atomic E-state index is 0.0497. The Morgan fingerprint density at radius 1 is 1.03 bits per heavy atom. The van der Waals surface area contributed by atoms with E-state index in [2.05, 4.69) is 15.5 Å². The fourth-order valence-corrected chi connectivity index (χ4v) is 4.73. The van der Waals surface area contributed by atoms with Gasteiger partial charge in [0.15, 0.2) is 11.5 Å². The number of hydrogen-bond donors (Lipinski definition) is 2. The Kier molecular flexibility index (Phi) is 7.00. The minimum atomic E-state index is -0.151. The Bertz CT molecular complexity index is 782. The molecule has 2 amide bonds. The van der Waals surface area contributed by atoms with Crippen LogP contribution in [0.3, 0.4) is 0 Å². The molecule has 30 heavy (non-hydrogen) atoms. The number of fused-ring (bicyclic) bond motifs is 1. The molecule has 164 valence electrons. The van der Waals surface area contributed by atoms with E-state index in [4.69, 9.17) is 21.1 Å². The van der Waals surface area contributed by atoms with Gasteiger partial charge in [-0.25, -0.2) is 0 Å². The summed E-state index contributed by atoms with van der Waals surface area (Å²) in [6.07, 6.45) is 7.63. The summed E-state index contributed by atoms with van der Waals surface area (Å²) < 4.78 is 11.1. The Balaban J connectivity index is 1.29. The van der Waals surface area contributed by atoms with Crippen LogP contribution in [-0.4, -0.2) is 55.6 Å². The number of ether oxygens (including phenoxy) is 2. The topological polar surface area (TPSA) is 79.9 Å². The van der Waals surface area contributed by atoms with E-state index in [-0.39, 0.29) is 24.3 Å². The number of benzene rings is 1.